The standard InChI is InChI=1S/C27H30ClN3O5S/c1-5-35-26-15-22(9-13-25(26)36-18-21-7-10-23(28)11-8-21)16-29-30-27(32)17-31(37(4,33)34)24-12-6-19(2)14-20(24)3/h6-16H,5,17-18H2,1-4H3,(H,30,32)/b29-16-. The first kappa shape index (κ1) is 28.0. The molecule has 3 rings (SSSR count). The molecule has 0 aliphatic rings. The Kier molecular flexibility index (Phi) is 9.54. The van der Waals surface area contributed by atoms with Gasteiger partial charge in [0.15, 0.2) is 11.5 Å². The molecular weight excluding hydrogens is 514 g/mol. The fraction of sp³-hybridized carbons (Fsp3) is 0.259. The average Bonchev–Trinajstić information content (AvgIpc) is 2.83. The Labute approximate surface area is 222 Å². The summed E-state index contributed by atoms with van der Waals surface area (Å²) in [5, 5.41) is 4.64. The summed E-state index contributed by atoms with van der Waals surface area (Å²) in [5.74, 6) is 0.523. The number of nitrogens with one attached hydrogen (secondary N) is 1. The number of benzene rings is 3. The van der Waals surface area contributed by atoms with Crippen LogP contribution in [0.4, 0.5) is 5.69 Å². The summed E-state index contributed by atoms with van der Waals surface area (Å²) in [7, 11) is -3.69. The van der Waals surface area contributed by atoms with E-state index in [1.807, 2.05) is 32.0 Å². The number of hydrazone groups is 1. The van der Waals surface area contributed by atoms with Crippen LogP contribution in [0.2, 0.25) is 5.02 Å². The first-order chi connectivity index (χ1) is 17.6. The van der Waals surface area contributed by atoms with Gasteiger partial charge in [0.05, 0.1) is 24.8 Å². The van der Waals surface area contributed by atoms with Crippen LogP contribution in [0.25, 0.3) is 0 Å². The largest absolute Gasteiger partial charge is 0.490 e. The summed E-state index contributed by atoms with van der Waals surface area (Å²) in [6, 6.07) is 18.0. The van der Waals surface area contributed by atoms with E-state index in [9.17, 15) is 13.2 Å². The molecule has 0 radical (unpaired) electrons. The molecule has 3 aromatic carbocycles. The zero-order valence-electron chi connectivity index (χ0n) is 21.2. The van der Waals surface area contributed by atoms with E-state index in [1.165, 1.54) is 6.21 Å². The van der Waals surface area contributed by atoms with E-state index >= 15 is 0 Å². The monoisotopic (exact) mass is 543 g/mol. The number of rotatable bonds is 11. The van der Waals surface area contributed by atoms with Crippen molar-refractivity contribution in [1.82, 2.24) is 5.43 Å². The highest BCUT2D eigenvalue weighted by Gasteiger charge is 2.22. The molecule has 0 bridgehead atoms. The van der Waals surface area contributed by atoms with Crippen LogP contribution in [0.15, 0.2) is 65.8 Å². The lowest BCUT2D eigenvalue weighted by Gasteiger charge is -2.23. The number of carbonyl (C=O) groups is 1. The van der Waals surface area contributed by atoms with Crippen LogP contribution >= 0.6 is 11.6 Å². The summed E-state index contributed by atoms with van der Waals surface area (Å²) < 4.78 is 37.4. The van der Waals surface area contributed by atoms with Crippen LogP contribution < -0.4 is 19.2 Å². The van der Waals surface area contributed by atoms with Crippen molar-refractivity contribution < 1.29 is 22.7 Å². The van der Waals surface area contributed by atoms with Crippen molar-refractivity contribution in [2.45, 2.75) is 27.4 Å². The first-order valence-electron chi connectivity index (χ1n) is 11.6. The molecule has 3 aromatic rings. The van der Waals surface area contributed by atoms with E-state index < -0.39 is 22.5 Å². The highest BCUT2D eigenvalue weighted by Crippen LogP contribution is 2.29. The van der Waals surface area contributed by atoms with Gasteiger partial charge in [-0.1, -0.05) is 41.4 Å². The molecule has 0 fully saturated rings. The van der Waals surface area contributed by atoms with E-state index in [-0.39, 0.29) is 0 Å². The van der Waals surface area contributed by atoms with E-state index in [4.69, 9.17) is 21.1 Å². The number of nitrogens with zero attached hydrogens (tertiary/aromatic N) is 2. The van der Waals surface area contributed by atoms with Gasteiger partial charge in [-0.2, -0.15) is 5.10 Å². The van der Waals surface area contributed by atoms with Gasteiger partial charge < -0.3 is 9.47 Å². The van der Waals surface area contributed by atoms with Crippen molar-refractivity contribution >= 4 is 39.4 Å². The number of hydrogen-bond acceptors (Lipinski definition) is 6. The summed E-state index contributed by atoms with van der Waals surface area (Å²) in [5.41, 5.74) is 6.22. The molecule has 0 unspecified atom stereocenters. The molecular formula is C27H30ClN3O5S. The van der Waals surface area contributed by atoms with Gasteiger partial charge in [0.25, 0.3) is 5.91 Å². The molecule has 0 heterocycles. The van der Waals surface area contributed by atoms with Crippen molar-refractivity contribution in [3.63, 3.8) is 0 Å². The Morgan fingerprint density at radius 3 is 2.41 bits per heavy atom. The van der Waals surface area contributed by atoms with Crippen LogP contribution in [0.3, 0.4) is 0 Å². The van der Waals surface area contributed by atoms with E-state index in [0.717, 1.165) is 27.3 Å². The first-order valence-corrected chi connectivity index (χ1v) is 13.8. The molecule has 0 aliphatic carbocycles. The minimum absolute atomic E-state index is 0.345. The van der Waals surface area contributed by atoms with Gasteiger partial charge in [-0.15, -0.1) is 0 Å². The number of ether oxygens (including phenoxy) is 2. The van der Waals surface area contributed by atoms with Gasteiger partial charge in [0, 0.05) is 5.02 Å². The normalized spacial score (nSPS) is 11.4. The quantitative estimate of drug-likeness (QED) is 0.275. The molecule has 0 spiro atoms. The molecule has 196 valence electrons. The number of amides is 1. The summed E-state index contributed by atoms with van der Waals surface area (Å²) in [6.45, 7) is 5.97. The fourth-order valence-corrected chi connectivity index (χ4v) is 4.59. The molecule has 0 aliphatic heterocycles. The highest BCUT2D eigenvalue weighted by atomic mass is 35.5. The van der Waals surface area contributed by atoms with E-state index in [2.05, 4.69) is 10.5 Å². The number of aryl methyl sites for hydroxylation is 2. The molecule has 1 amide bonds. The second kappa shape index (κ2) is 12.6. The molecule has 1 N–H and O–H groups in total. The number of halogens is 1. The Bertz CT molecular complexity index is 1380. The van der Waals surface area contributed by atoms with Crippen molar-refractivity contribution in [1.29, 1.82) is 0 Å². The fourth-order valence-electron chi connectivity index (χ4n) is 3.55. The van der Waals surface area contributed by atoms with Crippen LogP contribution in [0.5, 0.6) is 11.5 Å². The second-order valence-electron chi connectivity index (χ2n) is 8.41. The van der Waals surface area contributed by atoms with Crippen LogP contribution in [-0.2, 0) is 21.4 Å². The summed E-state index contributed by atoms with van der Waals surface area (Å²) >= 11 is 5.93. The van der Waals surface area contributed by atoms with Gasteiger partial charge in [-0.25, -0.2) is 13.8 Å². The molecule has 0 saturated carbocycles. The minimum atomic E-state index is -3.69. The van der Waals surface area contributed by atoms with Gasteiger partial charge in [-0.05, 0) is 73.9 Å². The molecule has 8 nitrogen and oxygen atoms in total. The Morgan fingerprint density at radius 1 is 1.03 bits per heavy atom. The van der Waals surface area contributed by atoms with Gasteiger partial charge in [0.1, 0.15) is 13.2 Å². The molecule has 0 aromatic heterocycles. The lowest BCUT2D eigenvalue weighted by molar-refractivity contribution is -0.119. The summed E-state index contributed by atoms with van der Waals surface area (Å²) in [6.07, 6.45) is 2.51. The zero-order chi connectivity index (χ0) is 27.0. The third-order valence-electron chi connectivity index (χ3n) is 5.29. The van der Waals surface area contributed by atoms with Crippen molar-refractivity contribution in [2.24, 2.45) is 5.10 Å². The number of sulfonamides is 1. The topological polar surface area (TPSA) is 97.3 Å². The molecule has 0 saturated heterocycles. The number of anilines is 1. The Hall–Kier alpha value is -3.56. The van der Waals surface area contributed by atoms with Crippen LogP contribution in [0.1, 0.15) is 29.2 Å². The molecule has 37 heavy (non-hydrogen) atoms. The van der Waals surface area contributed by atoms with Gasteiger partial charge in [-0.3, -0.25) is 9.10 Å². The Balaban J connectivity index is 1.66. The maximum absolute atomic E-state index is 12.5. The van der Waals surface area contributed by atoms with Crippen LogP contribution in [-0.4, -0.2) is 39.9 Å². The smallest absolute Gasteiger partial charge is 0.260 e. The minimum Gasteiger partial charge on any atom is -0.490 e. The Morgan fingerprint density at radius 2 is 1.76 bits per heavy atom. The number of hydrogen-bond donors (Lipinski definition) is 1. The summed E-state index contributed by atoms with van der Waals surface area (Å²) in [4.78, 5) is 12.5. The second-order valence-corrected chi connectivity index (χ2v) is 10.8. The zero-order valence-corrected chi connectivity index (χ0v) is 22.8. The number of carbonyl (C=O) groups excluding carboxylic acids is 1. The van der Waals surface area contributed by atoms with Crippen LogP contribution in [0, 0.1) is 13.8 Å². The van der Waals surface area contributed by atoms with Crippen molar-refractivity contribution in [3.8, 4) is 11.5 Å². The van der Waals surface area contributed by atoms with E-state index in [1.54, 1.807) is 49.4 Å². The molecule has 10 heteroatoms. The third-order valence-corrected chi connectivity index (χ3v) is 6.67. The third kappa shape index (κ3) is 8.23. The van der Waals surface area contributed by atoms with Crippen molar-refractivity contribution in [3.05, 3.63) is 87.9 Å². The maximum atomic E-state index is 12.5. The molecule has 0 atom stereocenters. The maximum Gasteiger partial charge on any atom is 0.260 e. The SMILES string of the molecule is CCOc1cc(/C=N\NC(=O)CN(c2ccc(C)cc2C)S(C)(=O)=O)ccc1OCc1ccc(Cl)cc1. The van der Waals surface area contributed by atoms with Gasteiger partial charge in [0.2, 0.25) is 10.0 Å². The average molecular weight is 544 g/mol. The predicted molar refractivity (Wildman–Crippen MR) is 147 cm³/mol. The lowest BCUT2D eigenvalue weighted by Crippen LogP contribution is -2.39. The van der Waals surface area contributed by atoms with Crippen molar-refractivity contribution in [2.75, 3.05) is 23.7 Å². The lowest BCUT2D eigenvalue weighted by atomic mass is 10.1. The van der Waals surface area contributed by atoms with E-state index in [0.29, 0.717) is 41.0 Å². The van der Waals surface area contributed by atoms with Gasteiger partial charge >= 0.3 is 0 Å². The predicted octanol–water partition coefficient (Wildman–Crippen LogP) is 4.85. The highest BCUT2D eigenvalue weighted by molar-refractivity contribution is 7.92.